The molecular formula is C12H9F3N2O3S2. The lowest BCUT2D eigenvalue weighted by Crippen LogP contribution is -2.48. The standard InChI is InChI=1S/C12H9F3N2O3S2/c13-12(14,15)10(20)16-7(9(18)19)5-21-11-17-6-3-1-2-4-8(6)22-11/h1-4,7H,5H2,(H,16,20)(H,18,19). The van der Waals surface area contributed by atoms with Crippen molar-refractivity contribution in [2.45, 2.75) is 16.6 Å². The third kappa shape index (κ3) is 4.10. The predicted octanol–water partition coefficient (Wildman–Crippen LogP) is 2.52. The molecule has 118 valence electrons. The topological polar surface area (TPSA) is 79.3 Å². The Bertz CT molecular complexity index is 669. The summed E-state index contributed by atoms with van der Waals surface area (Å²) in [7, 11) is 0. The molecule has 0 fully saturated rings. The van der Waals surface area contributed by atoms with E-state index in [1.807, 2.05) is 12.1 Å². The molecule has 0 saturated carbocycles. The van der Waals surface area contributed by atoms with E-state index in [1.54, 1.807) is 12.1 Å². The molecule has 0 aliphatic carbocycles. The number of carboxylic acids is 1. The number of amides is 1. The Kier molecular flexibility index (Phi) is 4.91. The maximum absolute atomic E-state index is 12.2. The minimum absolute atomic E-state index is 0.253. The summed E-state index contributed by atoms with van der Waals surface area (Å²) < 4.78 is 37.9. The lowest BCUT2D eigenvalue weighted by Gasteiger charge is -2.14. The molecular weight excluding hydrogens is 341 g/mol. The highest BCUT2D eigenvalue weighted by atomic mass is 32.2. The monoisotopic (exact) mass is 350 g/mol. The zero-order valence-corrected chi connectivity index (χ0v) is 12.4. The van der Waals surface area contributed by atoms with Crippen LogP contribution in [-0.2, 0) is 9.59 Å². The van der Waals surface area contributed by atoms with Crippen molar-refractivity contribution in [3.63, 3.8) is 0 Å². The molecule has 1 unspecified atom stereocenters. The van der Waals surface area contributed by atoms with Crippen LogP contribution in [0.5, 0.6) is 0 Å². The van der Waals surface area contributed by atoms with E-state index in [0.717, 1.165) is 22.0 Å². The third-order valence-electron chi connectivity index (χ3n) is 2.51. The highest BCUT2D eigenvalue weighted by molar-refractivity contribution is 8.01. The van der Waals surface area contributed by atoms with Gasteiger partial charge in [-0.05, 0) is 12.1 Å². The number of rotatable bonds is 5. The highest BCUT2D eigenvalue weighted by Gasteiger charge is 2.40. The van der Waals surface area contributed by atoms with Gasteiger partial charge < -0.3 is 10.4 Å². The van der Waals surface area contributed by atoms with Crippen LogP contribution < -0.4 is 5.32 Å². The average Bonchev–Trinajstić information content (AvgIpc) is 2.84. The Balaban J connectivity index is 2.02. The molecule has 2 aromatic rings. The van der Waals surface area contributed by atoms with E-state index < -0.39 is 24.1 Å². The second-order valence-corrected chi connectivity index (χ2v) is 6.42. The first kappa shape index (κ1) is 16.6. The molecule has 0 bridgehead atoms. The maximum Gasteiger partial charge on any atom is 0.471 e. The van der Waals surface area contributed by atoms with E-state index in [2.05, 4.69) is 4.98 Å². The Morgan fingerprint density at radius 3 is 2.64 bits per heavy atom. The SMILES string of the molecule is O=C(O)C(CSc1nc2ccccc2s1)NC(=O)C(F)(F)F. The number of para-hydroxylation sites is 1. The number of fused-ring (bicyclic) bond motifs is 1. The smallest absolute Gasteiger partial charge is 0.471 e. The molecule has 22 heavy (non-hydrogen) atoms. The van der Waals surface area contributed by atoms with Crippen molar-refractivity contribution in [2.75, 3.05) is 5.75 Å². The molecule has 0 aliphatic heterocycles. The fourth-order valence-corrected chi connectivity index (χ4v) is 3.59. The number of thioether (sulfide) groups is 1. The number of nitrogens with one attached hydrogen (secondary N) is 1. The Morgan fingerprint density at radius 1 is 1.36 bits per heavy atom. The zero-order valence-electron chi connectivity index (χ0n) is 10.8. The van der Waals surface area contributed by atoms with E-state index in [0.29, 0.717) is 4.34 Å². The number of halogens is 3. The number of nitrogens with zero attached hydrogens (tertiary/aromatic N) is 1. The number of hydrogen-bond acceptors (Lipinski definition) is 5. The van der Waals surface area contributed by atoms with E-state index in [9.17, 15) is 22.8 Å². The first-order valence-corrected chi connectivity index (χ1v) is 7.66. The molecule has 1 aromatic carbocycles. The van der Waals surface area contributed by atoms with Gasteiger partial charge in [0.1, 0.15) is 6.04 Å². The van der Waals surface area contributed by atoms with E-state index in [4.69, 9.17) is 5.11 Å². The first-order chi connectivity index (χ1) is 10.3. The minimum Gasteiger partial charge on any atom is -0.480 e. The quantitative estimate of drug-likeness (QED) is 0.810. The Morgan fingerprint density at radius 2 is 2.05 bits per heavy atom. The van der Waals surface area contributed by atoms with Crippen molar-refractivity contribution in [1.82, 2.24) is 10.3 Å². The lowest BCUT2D eigenvalue weighted by atomic mass is 10.3. The van der Waals surface area contributed by atoms with Gasteiger partial charge in [-0.2, -0.15) is 13.2 Å². The summed E-state index contributed by atoms with van der Waals surface area (Å²) in [5.74, 6) is -4.06. The van der Waals surface area contributed by atoms with Crippen LogP contribution in [0.1, 0.15) is 0 Å². The molecule has 5 nitrogen and oxygen atoms in total. The molecule has 1 atom stereocenters. The van der Waals surface area contributed by atoms with Crippen LogP contribution in [0.25, 0.3) is 10.2 Å². The number of carbonyl (C=O) groups is 2. The second kappa shape index (κ2) is 6.53. The Labute approximate surface area is 130 Å². The number of aliphatic carboxylic acids is 1. The van der Waals surface area contributed by atoms with E-state index >= 15 is 0 Å². The van der Waals surface area contributed by atoms with Crippen LogP contribution in [0.2, 0.25) is 0 Å². The van der Waals surface area contributed by atoms with E-state index in [-0.39, 0.29) is 5.75 Å². The number of carboxylic acid groups (broad SMARTS) is 1. The number of thiazole rings is 1. The van der Waals surface area contributed by atoms with Crippen LogP contribution >= 0.6 is 23.1 Å². The summed E-state index contributed by atoms with van der Waals surface area (Å²) >= 11 is 2.28. The van der Waals surface area contributed by atoms with Gasteiger partial charge in [0.2, 0.25) is 0 Å². The number of hydrogen-bond donors (Lipinski definition) is 2. The minimum atomic E-state index is -5.12. The number of benzene rings is 1. The largest absolute Gasteiger partial charge is 0.480 e. The zero-order chi connectivity index (χ0) is 16.3. The normalized spacial score (nSPS) is 13.0. The summed E-state index contributed by atoms with van der Waals surface area (Å²) in [5.41, 5.74) is 0.723. The van der Waals surface area contributed by atoms with Crippen molar-refractivity contribution in [3.05, 3.63) is 24.3 Å². The van der Waals surface area contributed by atoms with Crippen LogP contribution in [-0.4, -0.2) is 39.9 Å². The Hall–Kier alpha value is -1.81. The summed E-state index contributed by atoms with van der Waals surface area (Å²) in [6, 6.07) is 5.57. The summed E-state index contributed by atoms with van der Waals surface area (Å²) in [4.78, 5) is 26.0. The number of alkyl halides is 3. The van der Waals surface area contributed by atoms with Gasteiger partial charge in [0.05, 0.1) is 10.2 Å². The fourth-order valence-electron chi connectivity index (χ4n) is 1.48. The summed E-state index contributed by atoms with van der Waals surface area (Å²) in [6.07, 6.45) is -5.12. The molecule has 10 heteroatoms. The molecule has 1 amide bonds. The van der Waals surface area contributed by atoms with Gasteiger partial charge >= 0.3 is 18.1 Å². The first-order valence-electron chi connectivity index (χ1n) is 5.86. The molecule has 0 spiro atoms. The van der Waals surface area contributed by atoms with E-state index in [1.165, 1.54) is 16.7 Å². The molecule has 1 heterocycles. The second-order valence-electron chi connectivity index (χ2n) is 4.12. The molecule has 0 radical (unpaired) electrons. The predicted molar refractivity (Wildman–Crippen MR) is 76.0 cm³/mol. The molecule has 2 N–H and O–H groups in total. The van der Waals surface area contributed by atoms with Gasteiger partial charge in [0.15, 0.2) is 4.34 Å². The third-order valence-corrected chi connectivity index (χ3v) is 4.78. The van der Waals surface area contributed by atoms with Gasteiger partial charge in [-0.15, -0.1) is 11.3 Å². The maximum atomic E-state index is 12.2. The average molecular weight is 350 g/mol. The van der Waals surface area contributed by atoms with Crippen molar-refractivity contribution in [1.29, 1.82) is 0 Å². The molecule has 0 aliphatic rings. The number of carbonyl (C=O) groups excluding carboxylic acids is 1. The van der Waals surface area contributed by atoms with Crippen LogP contribution in [0.4, 0.5) is 13.2 Å². The fraction of sp³-hybridized carbons (Fsp3) is 0.250. The van der Waals surface area contributed by atoms with Gasteiger partial charge in [-0.1, -0.05) is 23.9 Å². The van der Waals surface area contributed by atoms with Gasteiger partial charge in [0, 0.05) is 5.75 Å². The highest BCUT2D eigenvalue weighted by Crippen LogP contribution is 2.29. The lowest BCUT2D eigenvalue weighted by molar-refractivity contribution is -0.175. The molecule has 2 rings (SSSR count). The molecule has 0 saturated heterocycles. The van der Waals surface area contributed by atoms with Crippen molar-refractivity contribution >= 4 is 45.2 Å². The molecule has 1 aromatic heterocycles. The summed E-state index contributed by atoms with van der Waals surface area (Å²) in [6.45, 7) is 0. The van der Waals surface area contributed by atoms with Crippen LogP contribution in [0.15, 0.2) is 28.6 Å². The van der Waals surface area contributed by atoms with Crippen LogP contribution in [0.3, 0.4) is 0 Å². The van der Waals surface area contributed by atoms with Crippen molar-refractivity contribution in [3.8, 4) is 0 Å². The summed E-state index contributed by atoms with van der Waals surface area (Å²) in [5, 5.41) is 10.3. The number of aromatic nitrogens is 1. The van der Waals surface area contributed by atoms with Crippen LogP contribution in [0, 0.1) is 0 Å². The van der Waals surface area contributed by atoms with Gasteiger partial charge in [0.25, 0.3) is 0 Å². The van der Waals surface area contributed by atoms with Gasteiger partial charge in [-0.25, -0.2) is 9.78 Å². The van der Waals surface area contributed by atoms with Gasteiger partial charge in [-0.3, -0.25) is 4.79 Å². The van der Waals surface area contributed by atoms with Crippen molar-refractivity contribution in [2.24, 2.45) is 0 Å². The van der Waals surface area contributed by atoms with Crippen molar-refractivity contribution < 1.29 is 27.9 Å².